The van der Waals surface area contributed by atoms with E-state index < -0.39 is 6.43 Å². The fraction of sp³-hybridized carbons (Fsp3) is 0.333. The van der Waals surface area contributed by atoms with Crippen LogP contribution in [-0.2, 0) is 12.5 Å². The van der Waals surface area contributed by atoms with E-state index in [9.17, 15) is 8.78 Å². The Hall–Kier alpha value is -2.30. The quantitative estimate of drug-likeness (QED) is 0.675. The Morgan fingerprint density at radius 3 is 2.39 bits per heavy atom. The average Bonchev–Trinajstić information content (AvgIpc) is 2.90. The van der Waals surface area contributed by atoms with Crippen LogP contribution in [0, 0.1) is 0 Å². The molecule has 2 aromatic heterocycles. The average molecular weight is 315 g/mol. The Bertz CT molecular complexity index is 860. The van der Waals surface area contributed by atoms with Crippen LogP contribution in [-0.4, -0.2) is 14.8 Å². The van der Waals surface area contributed by atoms with Gasteiger partial charge in [0, 0.05) is 42.2 Å². The summed E-state index contributed by atoms with van der Waals surface area (Å²) in [5.41, 5.74) is 2.03. The van der Waals surface area contributed by atoms with Gasteiger partial charge in [-0.3, -0.25) is 9.67 Å². The molecule has 0 radical (unpaired) electrons. The molecule has 5 heteroatoms. The van der Waals surface area contributed by atoms with Crippen LogP contribution in [0.4, 0.5) is 8.78 Å². The van der Waals surface area contributed by atoms with Crippen LogP contribution in [0.5, 0.6) is 0 Å². The summed E-state index contributed by atoms with van der Waals surface area (Å²) in [6.45, 7) is 6.17. The molecule has 0 amide bonds. The molecule has 0 saturated heterocycles. The van der Waals surface area contributed by atoms with Crippen LogP contribution in [0.15, 0.2) is 36.9 Å². The van der Waals surface area contributed by atoms with Crippen LogP contribution in [0.2, 0.25) is 0 Å². The number of aryl methyl sites for hydroxylation is 1. The highest BCUT2D eigenvalue weighted by atomic mass is 19.3. The van der Waals surface area contributed by atoms with E-state index in [1.165, 1.54) is 0 Å². The normalized spacial score (nSPS) is 12.3. The molecule has 0 spiro atoms. The molecule has 1 aromatic carbocycles. The Morgan fingerprint density at radius 1 is 1.09 bits per heavy atom. The van der Waals surface area contributed by atoms with Gasteiger partial charge in [-0.2, -0.15) is 5.10 Å². The van der Waals surface area contributed by atoms with Crippen molar-refractivity contribution in [3.05, 3.63) is 48.0 Å². The third kappa shape index (κ3) is 2.83. The first-order chi connectivity index (χ1) is 10.8. The molecular formula is C18H19F2N3. The van der Waals surface area contributed by atoms with Gasteiger partial charge in [-0.1, -0.05) is 20.8 Å². The third-order valence-corrected chi connectivity index (χ3v) is 3.99. The molecule has 0 fully saturated rings. The number of hydrogen-bond donors (Lipinski definition) is 0. The first kappa shape index (κ1) is 15.6. The Labute approximate surface area is 134 Å². The van der Waals surface area contributed by atoms with Crippen molar-refractivity contribution in [3.63, 3.8) is 0 Å². The van der Waals surface area contributed by atoms with Crippen molar-refractivity contribution in [2.24, 2.45) is 7.05 Å². The first-order valence-corrected chi connectivity index (χ1v) is 7.46. The van der Waals surface area contributed by atoms with E-state index >= 15 is 0 Å². The molecule has 23 heavy (non-hydrogen) atoms. The Morgan fingerprint density at radius 2 is 1.83 bits per heavy atom. The minimum absolute atomic E-state index is 0.0298. The fourth-order valence-electron chi connectivity index (χ4n) is 2.82. The van der Waals surface area contributed by atoms with E-state index in [1.54, 1.807) is 48.6 Å². The van der Waals surface area contributed by atoms with Crippen LogP contribution in [0.1, 0.15) is 38.3 Å². The summed E-state index contributed by atoms with van der Waals surface area (Å²) in [5, 5.41) is 5.78. The summed E-state index contributed by atoms with van der Waals surface area (Å²) >= 11 is 0. The first-order valence-electron chi connectivity index (χ1n) is 7.46. The predicted molar refractivity (Wildman–Crippen MR) is 87.6 cm³/mol. The second-order valence-corrected chi connectivity index (χ2v) is 6.80. The molecule has 0 aliphatic carbocycles. The number of alkyl halides is 2. The lowest BCUT2D eigenvalue weighted by molar-refractivity contribution is 0.152. The number of rotatable bonds is 2. The number of halogens is 2. The van der Waals surface area contributed by atoms with Gasteiger partial charge in [0.25, 0.3) is 6.43 Å². The zero-order valence-electron chi connectivity index (χ0n) is 13.6. The van der Waals surface area contributed by atoms with Crippen LogP contribution >= 0.6 is 0 Å². The molecule has 3 rings (SSSR count). The van der Waals surface area contributed by atoms with E-state index in [4.69, 9.17) is 0 Å². The van der Waals surface area contributed by atoms with Gasteiger partial charge < -0.3 is 0 Å². The number of nitrogens with zero attached hydrogens (tertiary/aromatic N) is 3. The van der Waals surface area contributed by atoms with Gasteiger partial charge in [0.15, 0.2) is 0 Å². The lowest BCUT2D eigenvalue weighted by Gasteiger charge is -2.21. The van der Waals surface area contributed by atoms with Crippen molar-refractivity contribution in [2.75, 3.05) is 0 Å². The lowest BCUT2D eigenvalue weighted by atomic mass is 9.84. The largest absolute Gasteiger partial charge is 0.275 e. The SMILES string of the molecule is Cn1cc(-c2cc3cncc(C(C)(C)C)c3cc2C(F)F)cn1. The smallest absolute Gasteiger partial charge is 0.264 e. The highest BCUT2D eigenvalue weighted by molar-refractivity contribution is 5.91. The zero-order chi connectivity index (χ0) is 16.8. The molecule has 0 saturated carbocycles. The molecule has 0 atom stereocenters. The number of pyridine rings is 1. The van der Waals surface area contributed by atoms with E-state index in [2.05, 4.69) is 30.9 Å². The number of benzene rings is 1. The van der Waals surface area contributed by atoms with Gasteiger partial charge in [0.05, 0.1) is 6.20 Å². The molecule has 2 heterocycles. The van der Waals surface area contributed by atoms with Gasteiger partial charge >= 0.3 is 0 Å². The van der Waals surface area contributed by atoms with Crippen molar-refractivity contribution in [1.29, 1.82) is 0 Å². The van der Waals surface area contributed by atoms with Crippen molar-refractivity contribution in [1.82, 2.24) is 14.8 Å². The number of aromatic nitrogens is 3. The summed E-state index contributed by atoms with van der Waals surface area (Å²) in [5.74, 6) is 0. The summed E-state index contributed by atoms with van der Waals surface area (Å²) in [6.07, 6.45) is 4.29. The van der Waals surface area contributed by atoms with Crippen molar-refractivity contribution >= 4 is 10.8 Å². The van der Waals surface area contributed by atoms with Gasteiger partial charge in [-0.25, -0.2) is 8.78 Å². The van der Waals surface area contributed by atoms with Crippen LogP contribution in [0.3, 0.4) is 0 Å². The predicted octanol–water partition coefficient (Wildman–Crippen LogP) is 4.87. The molecule has 3 aromatic rings. The second kappa shape index (κ2) is 5.41. The maximum absolute atomic E-state index is 13.6. The summed E-state index contributed by atoms with van der Waals surface area (Å²) in [4.78, 5) is 4.29. The minimum atomic E-state index is -2.55. The summed E-state index contributed by atoms with van der Waals surface area (Å²) < 4.78 is 28.9. The number of hydrogen-bond acceptors (Lipinski definition) is 2. The molecule has 120 valence electrons. The third-order valence-electron chi connectivity index (χ3n) is 3.99. The lowest BCUT2D eigenvalue weighted by Crippen LogP contribution is -2.12. The molecule has 0 aliphatic rings. The molecule has 0 unspecified atom stereocenters. The van der Waals surface area contributed by atoms with E-state index in [-0.39, 0.29) is 11.0 Å². The standard InChI is InChI=1S/C18H19F2N3/c1-18(2,3)16-9-21-7-11-5-13(12-8-22-23(4)10-12)15(17(19)20)6-14(11)16/h5-10,17H,1-4H3. The molecule has 0 aliphatic heterocycles. The highest BCUT2D eigenvalue weighted by Crippen LogP contribution is 2.37. The maximum Gasteiger partial charge on any atom is 0.264 e. The van der Waals surface area contributed by atoms with E-state index in [1.807, 2.05) is 0 Å². The van der Waals surface area contributed by atoms with Crippen molar-refractivity contribution in [2.45, 2.75) is 32.6 Å². The summed E-state index contributed by atoms with van der Waals surface area (Å²) in [6, 6.07) is 3.39. The van der Waals surface area contributed by atoms with E-state index in [0.29, 0.717) is 11.1 Å². The monoisotopic (exact) mass is 315 g/mol. The molecule has 0 N–H and O–H groups in total. The van der Waals surface area contributed by atoms with Gasteiger partial charge in [-0.15, -0.1) is 0 Å². The topological polar surface area (TPSA) is 30.7 Å². The van der Waals surface area contributed by atoms with Crippen LogP contribution < -0.4 is 0 Å². The maximum atomic E-state index is 13.6. The Kier molecular flexibility index (Phi) is 3.66. The molecule has 0 bridgehead atoms. The summed E-state index contributed by atoms with van der Waals surface area (Å²) in [7, 11) is 1.77. The van der Waals surface area contributed by atoms with Crippen molar-refractivity contribution < 1.29 is 8.78 Å². The van der Waals surface area contributed by atoms with E-state index in [0.717, 1.165) is 16.3 Å². The van der Waals surface area contributed by atoms with Crippen molar-refractivity contribution in [3.8, 4) is 11.1 Å². The van der Waals surface area contributed by atoms with Crippen LogP contribution in [0.25, 0.3) is 21.9 Å². The van der Waals surface area contributed by atoms with Gasteiger partial charge in [-0.05, 0) is 34.1 Å². The van der Waals surface area contributed by atoms with Gasteiger partial charge in [0.2, 0.25) is 0 Å². The molecular weight excluding hydrogens is 296 g/mol. The molecule has 3 nitrogen and oxygen atoms in total. The minimum Gasteiger partial charge on any atom is -0.275 e. The zero-order valence-corrected chi connectivity index (χ0v) is 13.6. The van der Waals surface area contributed by atoms with Gasteiger partial charge in [0.1, 0.15) is 0 Å². The fourth-order valence-corrected chi connectivity index (χ4v) is 2.82. The second-order valence-electron chi connectivity index (χ2n) is 6.80. The highest BCUT2D eigenvalue weighted by Gasteiger charge is 2.21. The number of fused-ring (bicyclic) bond motifs is 1. The Balaban J connectivity index is 2.33.